The number of aryl methyl sites for hydroxylation is 1. The summed E-state index contributed by atoms with van der Waals surface area (Å²) in [5.41, 5.74) is 1.25. The Morgan fingerprint density at radius 1 is 1.27 bits per heavy atom. The first-order valence-corrected chi connectivity index (χ1v) is 4.53. The lowest BCUT2D eigenvalue weighted by atomic mass is 10.1. The third-order valence-electron chi connectivity index (χ3n) is 2.14. The molecule has 0 N–H and O–H groups in total. The average molecular weight is 200 g/mol. The summed E-state index contributed by atoms with van der Waals surface area (Å²) in [6.45, 7) is 1.85. The standard InChI is InChI=1S/C13H9FO/c1-3-10-8-11(14)5-6-12(10)13-7-4-9(2)15-13/h1,4-8H,2H3. The van der Waals surface area contributed by atoms with Crippen LogP contribution in [0, 0.1) is 25.1 Å². The minimum Gasteiger partial charge on any atom is -0.461 e. The topological polar surface area (TPSA) is 13.1 Å². The molecule has 1 nitrogen and oxygen atoms in total. The molecule has 74 valence electrons. The summed E-state index contributed by atoms with van der Waals surface area (Å²) in [5, 5.41) is 0. The molecule has 0 spiro atoms. The molecule has 0 atom stereocenters. The molecule has 0 unspecified atom stereocenters. The van der Waals surface area contributed by atoms with E-state index in [1.165, 1.54) is 12.1 Å². The van der Waals surface area contributed by atoms with E-state index < -0.39 is 0 Å². The molecule has 0 radical (unpaired) electrons. The minimum absolute atomic E-state index is 0.338. The first-order chi connectivity index (χ1) is 7.20. The summed E-state index contributed by atoms with van der Waals surface area (Å²) in [6.07, 6.45) is 5.31. The molecular weight excluding hydrogens is 191 g/mol. The van der Waals surface area contributed by atoms with Gasteiger partial charge in [-0.25, -0.2) is 4.39 Å². The van der Waals surface area contributed by atoms with Crippen LogP contribution in [0.4, 0.5) is 4.39 Å². The van der Waals surface area contributed by atoms with Gasteiger partial charge in [0.25, 0.3) is 0 Å². The fourth-order valence-corrected chi connectivity index (χ4v) is 1.43. The van der Waals surface area contributed by atoms with E-state index in [0.29, 0.717) is 11.3 Å². The monoisotopic (exact) mass is 200 g/mol. The number of furan rings is 1. The molecule has 0 amide bonds. The summed E-state index contributed by atoms with van der Waals surface area (Å²) in [5.74, 6) is 3.58. The second-order valence-corrected chi connectivity index (χ2v) is 3.24. The molecule has 1 heterocycles. The number of terminal acetylenes is 1. The van der Waals surface area contributed by atoms with E-state index in [2.05, 4.69) is 5.92 Å². The Morgan fingerprint density at radius 2 is 2.07 bits per heavy atom. The van der Waals surface area contributed by atoms with Gasteiger partial charge in [-0.2, -0.15) is 0 Å². The van der Waals surface area contributed by atoms with E-state index >= 15 is 0 Å². The largest absolute Gasteiger partial charge is 0.461 e. The van der Waals surface area contributed by atoms with E-state index in [1.54, 1.807) is 6.07 Å². The van der Waals surface area contributed by atoms with E-state index in [1.807, 2.05) is 19.1 Å². The smallest absolute Gasteiger partial charge is 0.135 e. The molecule has 2 aromatic rings. The van der Waals surface area contributed by atoms with Gasteiger partial charge in [0.15, 0.2) is 0 Å². The van der Waals surface area contributed by atoms with E-state index in [9.17, 15) is 4.39 Å². The normalized spacial score (nSPS) is 9.93. The van der Waals surface area contributed by atoms with Crippen LogP contribution in [0.3, 0.4) is 0 Å². The van der Waals surface area contributed by atoms with Gasteiger partial charge in [0, 0.05) is 11.1 Å². The fourth-order valence-electron chi connectivity index (χ4n) is 1.43. The van der Waals surface area contributed by atoms with Gasteiger partial charge in [-0.1, -0.05) is 5.92 Å². The maximum Gasteiger partial charge on any atom is 0.135 e. The molecule has 0 bridgehead atoms. The summed E-state index contributed by atoms with van der Waals surface area (Å²) in [4.78, 5) is 0. The van der Waals surface area contributed by atoms with E-state index in [0.717, 1.165) is 11.3 Å². The van der Waals surface area contributed by atoms with Crippen molar-refractivity contribution < 1.29 is 8.81 Å². The summed E-state index contributed by atoms with van der Waals surface area (Å²) < 4.78 is 18.4. The SMILES string of the molecule is C#Cc1cc(F)ccc1-c1ccc(C)o1. The van der Waals surface area contributed by atoms with E-state index in [4.69, 9.17) is 10.8 Å². The molecule has 0 fully saturated rings. The van der Waals surface area contributed by atoms with Crippen LogP contribution in [0.2, 0.25) is 0 Å². The molecule has 15 heavy (non-hydrogen) atoms. The Morgan fingerprint density at radius 3 is 2.67 bits per heavy atom. The van der Waals surface area contributed by atoms with Gasteiger partial charge < -0.3 is 4.42 Å². The van der Waals surface area contributed by atoms with Crippen molar-refractivity contribution in [1.82, 2.24) is 0 Å². The molecule has 0 aliphatic carbocycles. The lowest BCUT2D eigenvalue weighted by molar-refractivity contribution is 0.548. The van der Waals surface area contributed by atoms with Crippen LogP contribution in [0.1, 0.15) is 11.3 Å². The van der Waals surface area contributed by atoms with Crippen LogP contribution in [0.25, 0.3) is 11.3 Å². The van der Waals surface area contributed by atoms with Gasteiger partial charge in [0.1, 0.15) is 17.3 Å². The highest BCUT2D eigenvalue weighted by molar-refractivity contribution is 5.66. The minimum atomic E-state index is -0.338. The van der Waals surface area contributed by atoms with Gasteiger partial charge in [-0.3, -0.25) is 0 Å². The van der Waals surface area contributed by atoms with Crippen LogP contribution in [-0.2, 0) is 0 Å². The van der Waals surface area contributed by atoms with Crippen molar-refractivity contribution in [2.75, 3.05) is 0 Å². The van der Waals surface area contributed by atoms with Gasteiger partial charge in [0.2, 0.25) is 0 Å². The first-order valence-electron chi connectivity index (χ1n) is 4.53. The number of benzene rings is 1. The lowest BCUT2D eigenvalue weighted by Gasteiger charge is -2.01. The van der Waals surface area contributed by atoms with Crippen molar-refractivity contribution in [3.8, 4) is 23.7 Å². The Balaban J connectivity index is 2.58. The fraction of sp³-hybridized carbons (Fsp3) is 0.0769. The predicted octanol–water partition coefficient (Wildman–Crippen LogP) is 3.38. The zero-order valence-corrected chi connectivity index (χ0v) is 8.25. The summed E-state index contributed by atoms with van der Waals surface area (Å²) >= 11 is 0. The third-order valence-corrected chi connectivity index (χ3v) is 2.14. The van der Waals surface area contributed by atoms with E-state index in [-0.39, 0.29) is 5.82 Å². The highest BCUT2D eigenvalue weighted by Gasteiger charge is 2.07. The van der Waals surface area contributed by atoms with Gasteiger partial charge in [-0.15, -0.1) is 6.42 Å². The molecule has 0 saturated carbocycles. The number of hydrogen-bond acceptors (Lipinski definition) is 1. The Bertz CT molecular complexity index is 532. The zero-order valence-electron chi connectivity index (χ0n) is 8.25. The predicted molar refractivity (Wildman–Crippen MR) is 56.8 cm³/mol. The van der Waals surface area contributed by atoms with Crippen LogP contribution >= 0.6 is 0 Å². The van der Waals surface area contributed by atoms with Crippen molar-refractivity contribution in [1.29, 1.82) is 0 Å². The van der Waals surface area contributed by atoms with Gasteiger partial charge >= 0.3 is 0 Å². The Hall–Kier alpha value is -2.01. The third kappa shape index (κ3) is 1.77. The molecule has 0 aliphatic heterocycles. The van der Waals surface area contributed by atoms with Crippen LogP contribution in [0.5, 0.6) is 0 Å². The number of rotatable bonds is 1. The Kier molecular flexibility index (Phi) is 2.31. The maximum atomic E-state index is 12.9. The van der Waals surface area contributed by atoms with Crippen LogP contribution < -0.4 is 0 Å². The highest BCUT2D eigenvalue weighted by Crippen LogP contribution is 2.25. The molecule has 2 heteroatoms. The quantitative estimate of drug-likeness (QED) is 0.643. The molecule has 0 aliphatic rings. The molecule has 0 saturated heterocycles. The lowest BCUT2D eigenvalue weighted by Crippen LogP contribution is -1.84. The van der Waals surface area contributed by atoms with Crippen LogP contribution in [-0.4, -0.2) is 0 Å². The summed E-state index contributed by atoms with van der Waals surface area (Å²) in [6, 6.07) is 7.99. The molecule has 2 rings (SSSR count). The number of halogens is 1. The van der Waals surface area contributed by atoms with Crippen molar-refractivity contribution >= 4 is 0 Å². The van der Waals surface area contributed by atoms with Gasteiger partial charge in [0.05, 0.1) is 0 Å². The number of hydrogen-bond donors (Lipinski definition) is 0. The summed E-state index contributed by atoms with van der Waals surface area (Å²) in [7, 11) is 0. The first kappa shape index (κ1) is 9.54. The average Bonchev–Trinajstić information content (AvgIpc) is 2.64. The van der Waals surface area contributed by atoms with Crippen LogP contribution in [0.15, 0.2) is 34.7 Å². The molecule has 1 aromatic heterocycles. The highest BCUT2D eigenvalue weighted by atomic mass is 19.1. The van der Waals surface area contributed by atoms with Gasteiger partial charge in [-0.05, 0) is 37.3 Å². The molecular formula is C13H9FO. The van der Waals surface area contributed by atoms with Crippen molar-refractivity contribution in [2.24, 2.45) is 0 Å². The van der Waals surface area contributed by atoms with Crippen molar-refractivity contribution in [3.63, 3.8) is 0 Å². The maximum absolute atomic E-state index is 12.9. The zero-order chi connectivity index (χ0) is 10.8. The second kappa shape index (κ2) is 3.62. The Labute approximate surface area is 87.5 Å². The second-order valence-electron chi connectivity index (χ2n) is 3.24. The van der Waals surface area contributed by atoms with Crippen molar-refractivity contribution in [2.45, 2.75) is 6.92 Å². The van der Waals surface area contributed by atoms with Crippen molar-refractivity contribution in [3.05, 3.63) is 47.5 Å². The molecule has 1 aromatic carbocycles.